The second-order valence-electron chi connectivity index (χ2n) is 5.35. The van der Waals surface area contributed by atoms with Gasteiger partial charge >= 0.3 is 0 Å². The van der Waals surface area contributed by atoms with Crippen molar-refractivity contribution in [3.63, 3.8) is 0 Å². The molecule has 0 aromatic heterocycles. The van der Waals surface area contributed by atoms with Gasteiger partial charge in [-0.2, -0.15) is 0 Å². The van der Waals surface area contributed by atoms with Crippen molar-refractivity contribution in [3.8, 4) is 5.75 Å². The molecule has 18 heavy (non-hydrogen) atoms. The monoisotopic (exact) mass is 255 g/mol. The lowest BCUT2D eigenvalue weighted by Gasteiger charge is -2.18. The standard InChI is InChI=1S/C14H22FNO2/c1-10(2)18-13-6-5-11(7-12(13)15)8-16-9-14(3,4)17/h5-7,10,16-17H,8-9H2,1-4H3. The predicted molar refractivity (Wildman–Crippen MR) is 70.2 cm³/mol. The minimum absolute atomic E-state index is 0.0429. The molecule has 0 atom stereocenters. The van der Waals surface area contributed by atoms with E-state index in [0.29, 0.717) is 13.1 Å². The van der Waals surface area contributed by atoms with Crippen molar-refractivity contribution >= 4 is 0 Å². The smallest absolute Gasteiger partial charge is 0.165 e. The van der Waals surface area contributed by atoms with Crippen molar-refractivity contribution in [2.45, 2.75) is 45.9 Å². The predicted octanol–water partition coefficient (Wildman–Crippen LogP) is 2.47. The lowest BCUT2D eigenvalue weighted by molar-refractivity contribution is 0.0795. The molecule has 0 saturated carbocycles. The summed E-state index contributed by atoms with van der Waals surface area (Å²) in [4.78, 5) is 0. The number of aliphatic hydroxyl groups is 1. The molecule has 0 bridgehead atoms. The summed E-state index contributed by atoms with van der Waals surface area (Å²) in [6, 6.07) is 4.91. The molecule has 0 fully saturated rings. The largest absolute Gasteiger partial charge is 0.488 e. The van der Waals surface area contributed by atoms with E-state index in [2.05, 4.69) is 5.32 Å². The Morgan fingerprint density at radius 2 is 2.06 bits per heavy atom. The first-order valence-corrected chi connectivity index (χ1v) is 6.16. The molecule has 0 saturated heterocycles. The number of benzene rings is 1. The Bertz CT molecular complexity index is 386. The molecule has 1 aromatic rings. The average Bonchev–Trinajstić information content (AvgIpc) is 2.19. The van der Waals surface area contributed by atoms with Crippen molar-refractivity contribution in [2.24, 2.45) is 0 Å². The van der Waals surface area contributed by atoms with Gasteiger partial charge in [0.05, 0.1) is 11.7 Å². The van der Waals surface area contributed by atoms with Crippen molar-refractivity contribution in [1.29, 1.82) is 0 Å². The highest BCUT2D eigenvalue weighted by molar-refractivity contribution is 5.29. The van der Waals surface area contributed by atoms with E-state index in [-0.39, 0.29) is 17.7 Å². The minimum Gasteiger partial charge on any atom is -0.488 e. The third-order valence-corrected chi connectivity index (χ3v) is 2.25. The molecule has 0 aliphatic rings. The van der Waals surface area contributed by atoms with Crippen LogP contribution in [0.4, 0.5) is 4.39 Å². The molecule has 0 amide bonds. The van der Waals surface area contributed by atoms with Crippen LogP contribution in [0.5, 0.6) is 5.75 Å². The summed E-state index contributed by atoms with van der Waals surface area (Å²) in [5.41, 5.74) is 0.0621. The molecule has 1 rings (SSSR count). The first-order valence-electron chi connectivity index (χ1n) is 6.16. The summed E-state index contributed by atoms with van der Waals surface area (Å²) in [5, 5.41) is 12.6. The van der Waals surface area contributed by atoms with E-state index < -0.39 is 5.60 Å². The minimum atomic E-state index is -0.765. The summed E-state index contributed by atoms with van der Waals surface area (Å²) in [7, 11) is 0. The van der Waals surface area contributed by atoms with Crippen LogP contribution >= 0.6 is 0 Å². The summed E-state index contributed by atoms with van der Waals surface area (Å²) in [6.45, 7) is 8.14. The zero-order valence-electron chi connectivity index (χ0n) is 11.5. The molecular weight excluding hydrogens is 233 g/mol. The quantitative estimate of drug-likeness (QED) is 0.820. The normalized spacial score (nSPS) is 11.9. The van der Waals surface area contributed by atoms with Gasteiger partial charge in [0.25, 0.3) is 0 Å². The van der Waals surface area contributed by atoms with E-state index in [1.54, 1.807) is 19.9 Å². The molecule has 102 valence electrons. The number of rotatable bonds is 6. The first-order chi connectivity index (χ1) is 8.28. The number of hydrogen-bond donors (Lipinski definition) is 2. The Morgan fingerprint density at radius 3 is 2.56 bits per heavy atom. The van der Waals surface area contributed by atoms with Crippen LogP contribution in [0.1, 0.15) is 33.3 Å². The molecule has 0 aliphatic heterocycles. The number of hydrogen-bond acceptors (Lipinski definition) is 3. The summed E-state index contributed by atoms with van der Waals surface area (Å²) >= 11 is 0. The first kappa shape index (κ1) is 14.9. The molecule has 0 spiro atoms. The van der Waals surface area contributed by atoms with Gasteiger partial charge in [-0.05, 0) is 45.4 Å². The molecule has 2 N–H and O–H groups in total. The number of halogens is 1. The van der Waals surface area contributed by atoms with Crippen LogP contribution in [0.2, 0.25) is 0 Å². The van der Waals surface area contributed by atoms with Gasteiger partial charge in [0.1, 0.15) is 0 Å². The second-order valence-corrected chi connectivity index (χ2v) is 5.35. The molecule has 4 heteroatoms. The van der Waals surface area contributed by atoms with Crippen molar-refractivity contribution in [2.75, 3.05) is 6.54 Å². The third kappa shape index (κ3) is 5.47. The highest BCUT2D eigenvalue weighted by Crippen LogP contribution is 2.19. The number of nitrogens with one attached hydrogen (secondary N) is 1. The van der Waals surface area contributed by atoms with E-state index in [1.165, 1.54) is 6.07 Å². The Morgan fingerprint density at radius 1 is 1.39 bits per heavy atom. The Hall–Kier alpha value is -1.13. The molecule has 0 unspecified atom stereocenters. The van der Waals surface area contributed by atoms with Gasteiger partial charge < -0.3 is 15.2 Å². The summed E-state index contributed by atoms with van der Waals surface area (Å²) in [5.74, 6) is -0.0810. The lowest BCUT2D eigenvalue weighted by Crippen LogP contribution is -2.34. The van der Waals surface area contributed by atoms with Crippen LogP contribution in [-0.4, -0.2) is 23.4 Å². The molecular formula is C14H22FNO2. The van der Waals surface area contributed by atoms with Crippen molar-refractivity contribution in [3.05, 3.63) is 29.6 Å². The Balaban J connectivity index is 2.56. The molecule has 0 heterocycles. The highest BCUT2D eigenvalue weighted by atomic mass is 19.1. The van der Waals surface area contributed by atoms with Crippen LogP contribution in [0.3, 0.4) is 0 Å². The maximum Gasteiger partial charge on any atom is 0.165 e. The molecule has 3 nitrogen and oxygen atoms in total. The van der Waals surface area contributed by atoms with Gasteiger partial charge in [-0.3, -0.25) is 0 Å². The Labute approximate surface area is 108 Å². The van der Waals surface area contributed by atoms with Crippen LogP contribution < -0.4 is 10.1 Å². The van der Waals surface area contributed by atoms with E-state index in [4.69, 9.17) is 4.74 Å². The molecule has 0 aliphatic carbocycles. The van der Waals surface area contributed by atoms with Crippen LogP contribution in [0, 0.1) is 5.82 Å². The van der Waals surface area contributed by atoms with Gasteiger partial charge in [0.15, 0.2) is 11.6 Å². The topological polar surface area (TPSA) is 41.5 Å². The highest BCUT2D eigenvalue weighted by Gasteiger charge is 2.11. The number of ether oxygens (including phenoxy) is 1. The molecule has 0 radical (unpaired) electrons. The maximum absolute atomic E-state index is 13.7. The fourth-order valence-corrected chi connectivity index (χ4v) is 1.52. The van der Waals surface area contributed by atoms with E-state index >= 15 is 0 Å². The molecule has 1 aromatic carbocycles. The SMILES string of the molecule is CC(C)Oc1ccc(CNCC(C)(C)O)cc1F. The fourth-order valence-electron chi connectivity index (χ4n) is 1.52. The Kier molecular flexibility index (Phi) is 5.11. The van der Waals surface area contributed by atoms with Crippen LogP contribution in [0.15, 0.2) is 18.2 Å². The van der Waals surface area contributed by atoms with E-state index in [0.717, 1.165) is 5.56 Å². The average molecular weight is 255 g/mol. The van der Waals surface area contributed by atoms with Crippen molar-refractivity contribution < 1.29 is 14.2 Å². The zero-order chi connectivity index (χ0) is 13.8. The maximum atomic E-state index is 13.7. The van der Waals surface area contributed by atoms with Gasteiger partial charge in [-0.25, -0.2) is 4.39 Å². The van der Waals surface area contributed by atoms with Gasteiger partial charge in [-0.15, -0.1) is 0 Å². The second kappa shape index (κ2) is 6.16. The van der Waals surface area contributed by atoms with Gasteiger partial charge in [0, 0.05) is 13.1 Å². The lowest BCUT2D eigenvalue weighted by atomic mass is 10.1. The van der Waals surface area contributed by atoms with Crippen LogP contribution in [-0.2, 0) is 6.54 Å². The summed E-state index contributed by atoms with van der Waals surface area (Å²) in [6.07, 6.45) is -0.0429. The van der Waals surface area contributed by atoms with Crippen molar-refractivity contribution in [1.82, 2.24) is 5.32 Å². The summed E-state index contributed by atoms with van der Waals surface area (Å²) < 4.78 is 19.0. The third-order valence-electron chi connectivity index (χ3n) is 2.25. The van der Waals surface area contributed by atoms with Crippen LogP contribution in [0.25, 0.3) is 0 Å². The van der Waals surface area contributed by atoms with E-state index in [1.807, 2.05) is 19.9 Å². The zero-order valence-corrected chi connectivity index (χ0v) is 11.5. The van der Waals surface area contributed by atoms with Gasteiger partial charge in [0.2, 0.25) is 0 Å². The van der Waals surface area contributed by atoms with Gasteiger partial charge in [-0.1, -0.05) is 6.07 Å². The fraction of sp³-hybridized carbons (Fsp3) is 0.571. The van der Waals surface area contributed by atoms with E-state index in [9.17, 15) is 9.50 Å².